The van der Waals surface area contributed by atoms with E-state index in [2.05, 4.69) is 52.6 Å². The van der Waals surface area contributed by atoms with Crippen LogP contribution < -0.4 is 9.64 Å². The van der Waals surface area contributed by atoms with Gasteiger partial charge < -0.3 is 14.5 Å². The van der Waals surface area contributed by atoms with E-state index in [1.165, 1.54) is 23.0 Å². The van der Waals surface area contributed by atoms with Gasteiger partial charge in [-0.3, -0.25) is 4.79 Å². The number of thioether (sulfide) groups is 1. The Kier molecular flexibility index (Phi) is 6.23. The van der Waals surface area contributed by atoms with Crippen molar-refractivity contribution in [2.75, 3.05) is 37.7 Å². The molecule has 0 aromatic heterocycles. The molecule has 0 aliphatic carbocycles. The second kappa shape index (κ2) is 9.22. The third-order valence-corrected chi connectivity index (χ3v) is 6.15. The summed E-state index contributed by atoms with van der Waals surface area (Å²) in [5, 5.41) is 0.806. The van der Waals surface area contributed by atoms with Crippen molar-refractivity contribution in [3.8, 4) is 5.75 Å². The molecule has 5 nitrogen and oxygen atoms in total. The van der Waals surface area contributed by atoms with Crippen molar-refractivity contribution in [1.82, 2.24) is 4.90 Å². The lowest BCUT2D eigenvalue weighted by molar-refractivity contribution is -0.113. The Balaban J connectivity index is 1.35. The highest BCUT2D eigenvalue weighted by molar-refractivity contribution is 8.18. The van der Waals surface area contributed by atoms with Gasteiger partial charge in [-0.1, -0.05) is 42.5 Å². The first-order valence-electron chi connectivity index (χ1n) is 10.1. The van der Waals surface area contributed by atoms with Crippen LogP contribution in [0.2, 0.25) is 0 Å². The van der Waals surface area contributed by atoms with E-state index < -0.39 is 0 Å². The molecule has 4 rings (SSSR count). The van der Waals surface area contributed by atoms with Gasteiger partial charge >= 0.3 is 0 Å². The zero-order valence-corrected chi connectivity index (χ0v) is 17.9. The third-order valence-electron chi connectivity index (χ3n) is 5.10. The number of anilines is 1. The van der Waals surface area contributed by atoms with Crippen LogP contribution in [0.25, 0.3) is 6.08 Å². The second-order valence-electron chi connectivity index (χ2n) is 7.29. The second-order valence-corrected chi connectivity index (χ2v) is 8.30. The summed E-state index contributed by atoms with van der Waals surface area (Å²) in [5.74, 6) is 0.619. The van der Waals surface area contributed by atoms with E-state index in [4.69, 9.17) is 4.74 Å². The zero-order chi connectivity index (χ0) is 20.9. The summed E-state index contributed by atoms with van der Waals surface area (Å²) in [7, 11) is 0. The maximum Gasteiger partial charge on any atom is 0.286 e. The first-order chi connectivity index (χ1) is 14.6. The molecular weight excluding hydrogens is 394 g/mol. The van der Waals surface area contributed by atoms with E-state index in [1.54, 1.807) is 6.08 Å². The number of aryl methyl sites for hydroxylation is 1. The van der Waals surface area contributed by atoms with Crippen molar-refractivity contribution in [2.24, 2.45) is 4.99 Å². The maximum atomic E-state index is 12.4. The van der Waals surface area contributed by atoms with Crippen LogP contribution in [-0.4, -0.2) is 48.8 Å². The number of amides is 1. The number of piperazine rings is 1. The van der Waals surface area contributed by atoms with Gasteiger partial charge in [-0.05, 0) is 54.6 Å². The minimum atomic E-state index is -0.164. The summed E-state index contributed by atoms with van der Waals surface area (Å²) in [4.78, 5) is 22.0. The first-order valence-corrected chi connectivity index (χ1v) is 10.9. The molecule has 0 radical (unpaired) electrons. The Morgan fingerprint density at radius 1 is 1.03 bits per heavy atom. The van der Waals surface area contributed by atoms with Crippen LogP contribution in [0, 0.1) is 6.92 Å². The molecule has 2 aromatic carbocycles. The minimum absolute atomic E-state index is 0.164. The number of carbonyl (C=O) groups is 1. The molecule has 30 heavy (non-hydrogen) atoms. The van der Waals surface area contributed by atoms with Crippen molar-refractivity contribution in [1.29, 1.82) is 0 Å². The third kappa shape index (κ3) is 4.76. The number of nitrogens with zero attached hydrogens (tertiary/aromatic N) is 3. The molecule has 2 heterocycles. The fourth-order valence-corrected chi connectivity index (χ4v) is 4.38. The van der Waals surface area contributed by atoms with Gasteiger partial charge in [0.1, 0.15) is 12.4 Å². The molecule has 2 aromatic rings. The fourth-order valence-electron chi connectivity index (χ4n) is 3.41. The number of hydrogen-bond donors (Lipinski definition) is 0. The van der Waals surface area contributed by atoms with Crippen LogP contribution in [0.5, 0.6) is 5.75 Å². The number of ether oxygens (including phenoxy) is 1. The average Bonchev–Trinajstić information content (AvgIpc) is 3.14. The predicted molar refractivity (Wildman–Crippen MR) is 125 cm³/mol. The van der Waals surface area contributed by atoms with Gasteiger partial charge in [-0.15, -0.1) is 0 Å². The maximum absolute atomic E-state index is 12.4. The molecule has 6 heteroatoms. The van der Waals surface area contributed by atoms with E-state index in [0.717, 1.165) is 42.7 Å². The van der Waals surface area contributed by atoms with Crippen LogP contribution in [0.15, 0.2) is 71.1 Å². The van der Waals surface area contributed by atoms with Gasteiger partial charge in [-0.2, -0.15) is 4.99 Å². The molecule has 0 bridgehead atoms. The predicted octanol–water partition coefficient (Wildman–Crippen LogP) is 4.35. The number of amidine groups is 1. The summed E-state index contributed by atoms with van der Waals surface area (Å²) < 4.78 is 5.50. The minimum Gasteiger partial charge on any atom is -0.490 e. The average molecular weight is 420 g/mol. The molecule has 1 fully saturated rings. The highest BCUT2D eigenvalue weighted by Gasteiger charge is 2.28. The summed E-state index contributed by atoms with van der Waals surface area (Å²) >= 11 is 1.46. The molecule has 0 N–H and O–H groups in total. The van der Waals surface area contributed by atoms with Gasteiger partial charge in [0, 0.05) is 31.9 Å². The first kappa shape index (κ1) is 20.3. The van der Waals surface area contributed by atoms with Crippen molar-refractivity contribution in [2.45, 2.75) is 6.92 Å². The van der Waals surface area contributed by atoms with Gasteiger partial charge in [0.25, 0.3) is 5.91 Å². The number of aliphatic imine (C=N–C) groups is 1. The van der Waals surface area contributed by atoms with Gasteiger partial charge in [0.05, 0.1) is 4.91 Å². The topological polar surface area (TPSA) is 45.1 Å². The van der Waals surface area contributed by atoms with E-state index in [-0.39, 0.29) is 5.91 Å². The fraction of sp³-hybridized carbons (Fsp3) is 0.250. The zero-order valence-electron chi connectivity index (χ0n) is 17.1. The Labute approximate surface area is 181 Å². The van der Waals surface area contributed by atoms with Crippen LogP contribution in [0.4, 0.5) is 5.69 Å². The van der Waals surface area contributed by atoms with E-state index in [1.807, 2.05) is 30.3 Å². The monoisotopic (exact) mass is 419 g/mol. The summed E-state index contributed by atoms with van der Waals surface area (Å²) in [5.41, 5.74) is 3.47. The summed E-state index contributed by atoms with van der Waals surface area (Å²) in [6, 6.07) is 16.3. The number of benzene rings is 2. The lowest BCUT2D eigenvalue weighted by Gasteiger charge is -2.36. The Morgan fingerprint density at radius 2 is 1.70 bits per heavy atom. The van der Waals surface area contributed by atoms with Crippen LogP contribution in [0.1, 0.15) is 11.1 Å². The molecular formula is C24H25N3O2S. The molecule has 1 saturated heterocycles. The van der Waals surface area contributed by atoms with E-state index in [9.17, 15) is 4.79 Å². The standard InChI is InChI=1S/C24H25N3O2S/c1-3-16-29-21-10-6-19(7-11-21)17-22-23(28)25-24(30-22)27-14-12-26(13-15-27)20-8-4-18(2)5-9-20/h3-11,17H,1,12-16H2,2H3/b22-17+. The van der Waals surface area contributed by atoms with Crippen LogP contribution in [0.3, 0.4) is 0 Å². The van der Waals surface area contributed by atoms with Crippen molar-refractivity contribution < 1.29 is 9.53 Å². The highest BCUT2D eigenvalue weighted by Crippen LogP contribution is 2.31. The lowest BCUT2D eigenvalue weighted by atomic mass is 10.2. The summed E-state index contributed by atoms with van der Waals surface area (Å²) in [6.45, 7) is 9.77. The molecule has 0 atom stereocenters. The number of carbonyl (C=O) groups excluding carboxylic acids is 1. The Bertz CT molecular complexity index is 973. The molecule has 2 aliphatic heterocycles. The van der Waals surface area contributed by atoms with E-state index in [0.29, 0.717) is 11.5 Å². The largest absolute Gasteiger partial charge is 0.490 e. The smallest absolute Gasteiger partial charge is 0.286 e. The van der Waals surface area contributed by atoms with E-state index >= 15 is 0 Å². The molecule has 1 amide bonds. The Morgan fingerprint density at radius 3 is 2.37 bits per heavy atom. The highest BCUT2D eigenvalue weighted by atomic mass is 32.2. The van der Waals surface area contributed by atoms with Crippen molar-refractivity contribution in [3.63, 3.8) is 0 Å². The SMILES string of the molecule is C=CCOc1ccc(/C=C2/SC(N3CCN(c4ccc(C)cc4)CC3)=NC2=O)cc1. The summed E-state index contributed by atoms with van der Waals surface area (Å²) in [6.07, 6.45) is 3.60. The molecule has 2 aliphatic rings. The molecule has 154 valence electrons. The van der Waals surface area contributed by atoms with Crippen molar-refractivity contribution in [3.05, 3.63) is 77.2 Å². The molecule has 0 unspecified atom stereocenters. The van der Waals surface area contributed by atoms with Crippen molar-refractivity contribution >= 4 is 34.6 Å². The van der Waals surface area contributed by atoms with Crippen LogP contribution >= 0.6 is 11.8 Å². The molecule has 0 spiro atoms. The quantitative estimate of drug-likeness (QED) is 0.533. The number of rotatable bonds is 5. The van der Waals surface area contributed by atoms with Gasteiger partial charge in [0.15, 0.2) is 5.17 Å². The molecule has 0 saturated carbocycles. The normalized spacial score (nSPS) is 18.0. The van der Waals surface area contributed by atoms with Gasteiger partial charge in [0.2, 0.25) is 0 Å². The van der Waals surface area contributed by atoms with Gasteiger partial charge in [-0.25, -0.2) is 0 Å². The lowest BCUT2D eigenvalue weighted by Crippen LogP contribution is -2.47. The number of hydrogen-bond acceptors (Lipinski definition) is 5. The Hall–Kier alpha value is -2.99. The van der Waals surface area contributed by atoms with Crippen LogP contribution in [-0.2, 0) is 4.79 Å².